The molecule has 1 aromatic heterocycles. The van der Waals surface area contributed by atoms with Gasteiger partial charge in [-0.15, -0.1) is 0 Å². The van der Waals surface area contributed by atoms with Crippen LogP contribution in [0.3, 0.4) is 0 Å². The van der Waals surface area contributed by atoms with Crippen molar-refractivity contribution in [3.05, 3.63) is 51.4 Å². The highest BCUT2D eigenvalue weighted by molar-refractivity contribution is 7.15. The summed E-state index contributed by atoms with van der Waals surface area (Å²) in [6, 6.07) is 11.7. The fourth-order valence-corrected chi connectivity index (χ4v) is 3.93. The largest absolute Gasteiger partial charge is 0.492 e. The van der Waals surface area contributed by atoms with Crippen molar-refractivity contribution in [2.24, 2.45) is 0 Å². The third-order valence-corrected chi connectivity index (χ3v) is 5.26. The van der Waals surface area contributed by atoms with Gasteiger partial charge in [0.2, 0.25) is 0 Å². The summed E-state index contributed by atoms with van der Waals surface area (Å²) in [6.07, 6.45) is 0. The van der Waals surface area contributed by atoms with Crippen molar-refractivity contribution in [3.8, 4) is 5.75 Å². The van der Waals surface area contributed by atoms with Crippen LogP contribution in [0.1, 0.15) is 11.8 Å². The van der Waals surface area contributed by atoms with E-state index in [0.29, 0.717) is 6.61 Å². The van der Waals surface area contributed by atoms with E-state index in [-0.39, 0.29) is 9.92 Å². The maximum Gasteiger partial charge on any atom is 0.324 e. The predicted octanol–water partition coefficient (Wildman–Crippen LogP) is 1.96. The van der Waals surface area contributed by atoms with Gasteiger partial charge in [0.25, 0.3) is 0 Å². The Morgan fingerprint density at radius 2 is 2.00 bits per heavy atom. The fraction of sp³-hybridized carbons (Fsp3) is 0.412. The molecule has 0 radical (unpaired) electrons. The van der Waals surface area contributed by atoms with E-state index in [1.165, 1.54) is 16.2 Å². The van der Waals surface area contributed by atoms with Gasteiger partial charge in [0.1, 0.15) is 12.3 Å². The molecule has 1 aromatic carbocycles. The molecule has 2 heterocycles. The molecule has 0 unspecified atom stereocenters. The average molecular weight is 348 g/mol. The third-order valence-electron chi connectivity index (χ3n) is 4.23. The van der Waals surface area contributed by atoms with Gasteiger partial charge in [-0.25, -0.2) is 0 Å². The summed E-state index contributed by atoms with van der Waals surface area (Å²) < 4.78 is 5.73. The van der Waals surface area contributed by atoms with Gasteiger partial charge in [-0.1, -0.05) is 23.5 Å². The molecule has 0 amide bonds. The average Bonchev–Trinajstić information content (AvgIpc) is 3.05. The fourth-order valence-electron chi connectivity index (χ4n) is 3.04. The SMILES string of the molecule is CCOc1ccccc1N1CC[NH+](Cc2ccc([N+](=O)[O-])s2)CC1. The molecular weight excluding hydrogens is 326 g/mol. The van der Waals surface area contributed by atoms with Crippen LogP contribution in [0.4, 0.5) is 10.7 Å². The van der Waals surface area contributed by atoms with Crippen LogP contribution in [-0.4, -0.2) is 37.7 Å². The monoisotopic (exact) mass is 348 g/mol. The third kappa shape index (κ3) is 3.85. The number of nitrogens with one attached hydrogen (secondary N) is 1. The topological polar surface area (TPSA) is 60.0 Å². The van der Waals surface area contributed by atoms with Crippen LogP contribution in [-0.2, 0) is 6.54 Å². The molecule has 0 atom stereocenters. The summed E-state index contributed by atoms with van der Waals surface area (Å²) in [5.41, 5.74) is 1.16. The van der Waals surface area contributed by atoms with E-state index >= 15 is 0 Å². The number of thiophene rings is 1. The summed E-state index contributed by atoms with van der Waals surface area (Å²) in [5.74, 6) is 0.942. The molecule has 1 aliphatic rings. The zero-order chi connectivity index (χ0) is 16.9. The number of hydrogen-bond acceptors (Lipinski definition) is 5. The molecule has 6 nitrogen and oxygen atoms in total. The zero-order valence-corrected chi connectivity index (χ0v) is 14.6. The number of nitrogens with zero attached hydrogens (tertiary/aromatic N) is 2. The van der Waals surface area contributed by atoms with Gasteiger partial charge in [-0.3, -0.25) is 10.1 Å². The van der Waals surface area contributed by atoms with Crippen LogP contribution in [0.5, 0.6) is 5.75 Å². The summed E-state index contributed by atoms with van der Waals surface area (Å²) >= 11 is 1.29. The Kier molecular flexibility index (Phi) is 5.32. The van der Waals surface area contributed by atoms with Crippen molar-refractivity contribution < 1.29 is 14.6 Å². The first kappa shape index (κ1) is 16.7. The smallest absolute Gasteiger partial charge is 0.324 e. The molecule has 3 rings (SSSR count). The summed E-state index contributed by atoms with van der Waals surface area (Å²) in [6.45, 7) is 7.50. The van der Waals surface area contributed by atoms with E-state index in [1.807, 2.05) is 31.2 Å². The second kappa shape index (κ2) is 7.63. The molecule has 0 aliphatic carbocycles. The van der Waals surface area contributed by atoms with E-state index in [9.17, 15) is 10.1 Å². The molecule has 1 fully saturated rings. The second-order valence-corrected chi connectivity index (χ2v) is 6.96. The molecule has 0 spiro atoms. The Balaban J connectivity index is 1.58. The van der Waals surface area contributed by atoms with Crippen molar-refractivity contribution in [1.29, 1.82) is 0 Å². The number of para-hydroxylation sites is 2. The molecule has 0 bridgehead atoms. The van der Waals surface area contributed by atoms with Crippen molar-refractivity contribution in [3.63, 3.8) is 0 Å². The molecule has 24 heavy (non-hydrogen) atoms. The Morgan fingerprint density at radius 1 is 1.25 bits per heavy atom. The lowest BCUT2D eigenvalue weighted by atomic mass is 10.2. The number of benzene rings is 1. The van der Waals surface area contributed by atoms with E-state index in [0.717, 1.165) is 49.0 Å². The Hall–Kier alpha value is -2.12. The summed E-state index contributed by atoms with van der Waals surface area (Å²) in [5, 5.41) is 11.0. The second-order valence-electron chi connectivity index (χ2n) is 5.81. The van der Waals surface area contributed by atoms with Crippen molar-refractivity contribution >= 4 is 22.0 Å². The molecule has 1 N–H and O–H groups in total. The number of piperazine rings is 1. The first-order valence-electron chi connectivity index (χ1n) is 8.21. The zero-order valence-electron chi connectivity index (χ0n) is 13.7. The number of nitro groups is 1. The lowest BCUT2D eigenvalue weighted by Gasteiger charge is -2.34. The first-order valence-corrected chi connectivity index (χ1v) is 9.02. The molecule has 2 aromatic rings. The minimum atomic E-state index is -0.313. The molecule has 0 saturated carbocycles. The predicted molar refractivity (Wildman–Crippen MR) is 95.2 cm³/mol. The van der Waals surface area contributed by atoms with Crippen LogP contribution < -0.4 is 14.5 Å². The highest BCUT2D eigenvalue weighted by atomic mass is 32.1. The minimum Gasteiger partial charge on any atom is -0.492 e. The van der Waals surface area contributed by atoms with E-state index in [4.69, 9.17) is 4.74 Å². The normalized spacial score (nSPS) is 15.5. The number of anilines is 1. The van der Waals surface area contributed by atoms with Gasteiger partial charge in [0.05, 0.1) is 48.3 Å². The number of ether oxygens (including phenoxy) is 1. The van der Waals surface area contributed by atoms with Crippen LogP contribution in [0.15, 0.2) is 36.4 Å². The van der Waals surface area contributed by atoms with Crippen LogP contribution in [0, 0.1) is 10.1 Å². The Morgan fingerprint density at radius 3 is 2.67 bits per heavy atom. The van der Waals surface area contributed by atoms with E-state index in [1.54, 1.807) is 6.07 Å². The maximum absolute atomic E-state index is 10.8. The molecular formula is C17H22N3O3S+. The van der Waals surface area contributed by atoms with Crippen LogP contribution >= 0.6 is 11.3 Å². The maximum atomic E-state index is 10.8. The van der Waals surface area contributed by atoms with Crippen LogP contribution in [0.2, 0.25) is 0 Å². The van der Waals surface area contributed by atoms with Gasteiger partial charge in [-0.2, -0.15) is 0 Å². The molecule has 128 valence electrons. The number of rotatable bonds is 6. The van der Waals surface area contributed by atoms with Gasteiger partial charge in [0, 0.05) is 6.07 Å². The minimum absolute atomic E-state index is 0.230. The first-order chi connectivity index (χ1) is 11.7. The van der Waals surface area contributed by atoms with Gasteiger partial charge in [-0.05, 0) is 25.1 Å². The highest BCUT2D eigenvalue weighted by Gasteiger charge is 2.23. The number of quaternary nitrogens is 1. The van der Waals surface area contributed by atoms with Gasteiger partial charge >= 0.3 is 5.00 Å². The van der Waals surface area contributed by atoms with Crippen molar-refractivity contribution in [1.82, 2.24) is 0 Å². The van der Waals surface area contributed by atoms with Gasteiger partial charge in [0.15, 0.2) is 0 Å². The molecule has 7 heteroatoms. The van der Waals surface area contributed by atoms with Gasteiger partial charge < -0.3 is 14.5 Å². The summed E-state index contributed by atoms with van der Waals surface area (Å²) in [4.78, 5) is 15.4. The lowest BCUT2D eigenvalue weighted by molar-refractivity contribution is -0.914. The van der Waals surface area contributed by atoms with Crippen molar-refractivity contribution in [2.45, 2.75) is 13.5 Å². The highest BCUT2D eigenvalue weighted by Crippen LogP contribution is 2.28. The quantitative estimate of drug-likeness (QED) is 0.640. The Bertz CT molecular complexity index is 696. The molecule has 1 aliphatic heterocycles. The molecule has 1 saturated heterocycles. The summed E-state index contributed by atoms with van der Waals surface area (Å²) in [7, 11) is 0. The lowest BCUT2D eigenvalue weighted by Crippen LogP contribution is -3.13. The van der Waals surface area contributed by atoms with E-state index < -0.39 is 0 Å². The van der Waals surface area contributed by atoms with Crippen LogP contribution in [0.25, 0.3) is 0 Å². The van der Waals surface area contributed by atoms with Crippen molar-refractivity contribution in [2.75, 3.05) is 37.7 Å². The standard InChI is InChI=1S/C17H21N3O3S/c1-2-23-16-6-4-3-5-15(16)19-11-9-18(10-12-19)13-14-7-8-17(24-14)20(21)22/h3-8H,2,9-13H2,1H3/p+1. The Labute approximate surface area is 145 Å². The van der Waals surface area contributed by atoms with E-state index in [2.05, 4.69) is 11.0 Å². The number of hydrogen-bond donors (Lipinski definition) is 1.